The van der Waals surface area contributed by atoms with Crippen molar-refractivity contribution in [2.24, 2.45) is 4.99 Å². The number of nitrogens with zero attached hydrogens (tertiary/aromatic N) is 4. The molecule has 0 spiro atoms. The van der Waals surface area contributed by atoms with Crippen molar-refractivity contribution < 1.29 is 0 Å². The lowest BCUT2D eigenvalue weighted by Gasteiger charge is -2.32. The van der Waals surface area contributed by atoms with Crippen LogP contribution in [0.5, 0.6) is 0 Å². The van der Waals surface area contributed by atoms with E-state index in [0.717, 1.165) is 48.2 Å². The molecule has 2 atom stereocenters. The molecule has 0 N–H and O–H groups in total. The topological polar surface area (TPSA) is 33.4 Å². The SMILES string of the molecule is CC1(C)C(C2=CC=CCC2)=Nc2c1ccc1c2C2C=CC=CC2N1C1=CC=C(c2nc3ccccc3n2-c2ccccc2)CC1. The highest BCUT2D eigenvalue weighted by Crippen LogP contribution is 2.56. The van der Waals surface area contributed by atoms with Crippen LogP contribution in [0, 0.1) is 0 Å². The second kappa shape index (κ2) is 10.0. The highest BCUT2D eigenvalue weighted by molar-refractivity contribution is 6.13. The Morgan fingerprint density at radius 1 is 0.778 bits per heavy atom. The van der Waals surface area contributed by atoms with Crippen molar-refractivity contribution in [2.75, 3.05) is 4.90 Å². The first-order valence-corrected chi connectivity index (χ1v) is 16.3. The Bertz CT molecular complexity index is 2090. The third kappa shape index (κ3) is 3.98. The van der Waals surface area contributed by atoms with E-state index in [4.69, 9.17) is 9.98 Å². The van der Waals surface area contributed by atoms with Crippen LogP contribution in [-0.4, -0.2) is 21.3 Å². The summed E-state index contributed by atoms with van der Waals surface area (Å²) in [6, 6.07) is 24.0. The first-order valence-electron chi connectivity index (χ1n) is 16.3. The molecule has 0 radical (unpaired) electrons. The van der Waals surface area contributed by atoms with Gasteiger partial charge in [0, 0.05) is 34.0 Å². The van der Waals surface area contributed by atoms with Gasteiger partial charge in [0.2, 0.25) is 0 Å². The summed E-state index contributed by atoms with van der Waals surface area (Å²) in [4.78, 5) is 13.2. The molecule has 2 aliphatic heterocycles. The summed E-state index contributed by atoms with van der Waals surface area (Å²) in [7, 11) is 0. The molecule has 3 aromatic carbocycles. The molecule has 1 aromatic heterocycles. The van der Waals surface area contributed by atoms with Crippen molar-refractivity contribution in [3.63, 3.8) is 0 Å². The summed E-state index contributed by atoms with van der Waals surface area (Å²) in [5, 5.41) is 0. The Kier molecular flexibility index (Phi) is 5.90. The summed E-state index contributed by atoms with van der Waals surface area (Å²) in [6.07, 6.45) is 24.6. The van der Waals surface area contributed by atoms with Gasteiger partial charge >= 0.3 is 0 Å². The molecule has 0 saturated heterocycles. The molecule has 0 amide bonds. The summed E-state index contributed by atoms with van der Waals surface area (Å²) in [6.45, 7) is 4.70. The van der Waals surface area contributed by atoms with Gasteiger partial charge in [0.1, 0.15) is 5.82 Å². The van der Waals surface area contributed by atoms with Gasteiger partial charge in [-0.3, -0.25) is 9.56 Å². The normalized spacial score (nSPS) is 22.5. The summed E-state index contributed by atoms with van der Waals surface area (Å²) in [5.74, 6) is 1.32. The number of rotatable bonds is 4. The van der Waals surface area contributed by atoms with Gasteiger partial charge in [-0.1, -0.05) is 98.9 Å². The predicted molar refractivity (Wildman–Crippen MR) is 187 cm³/mol. The van der Waals surface area contributed by atoms with Gasteiger partial charge in [0.05, 0.1) is 28.5 Å². The molecule has 45 heavy (non-hydrogen) atoms. The molecular weight excluding hydrogens is 548 g/mol. The zero-order chi connectivity index (χ0) is 30.1. The highest BCUT2D eigenvalue weighted by atomic mass is 15.2. The van der Waals surface area contributed by atoms with E-state index in [1.54, 1.807) is 0 Å². The van der Waals surface area contributed by atoms with Gasteiger partial charge in [-0.15, -0.1) is 0 Å². The van der Waals surface area contributed by atoms with E-state index in [1.807, 2.05) is 0 Å². The van der Waals surface area contributed by atoms with Crippen LogP contribution in [-0.2, 0) is 5.41 Å². The Labute approximate surface area is 264 Å². The first-order chi connectivity index (χ1) is 22.1. The van der Waals surface area contributed by atoms with E-state index in [0.29, 0.717) is 0 Å². The maximum absolute atomic E-state index is 5.47. The van der Waals surface area contributed by atoms with E-state index in [-0.39, 0.29) is 17.4 Å². The zero-order valence-electron chi connectivity index (χ0n) is 25.8. The highest BCUT2D eigenvalue weighted by Gasteiger charge is 2.45. The molecule has 3 aliphatic carbocycles. The lowest BCUT2D eigenvalue weighted by atomic mass is 9.76. The minimum Gasteiger partial charge on any atom is -0.337 e. The Hall–Kier alpha value is -4.96. The van der Waals surface area contributed by atoms with Crippen LogP contribution >= 0.6 is 0 Å². The quantitative estimate of drug-likeness (QED) is 0.239. The number of imidazole rings is 1. The zero-order valence-corrected chi connectivity index (χ0v) is 25.8. The molecule has 0 fully saturated rings. The van der Waals surface area contributed by atoms with Crippen LogP contribution < -0.4 is 4.90 Å². The minimum absolute atomic E-state index is 0.107. The monoisotopic (exact) mass is 584 g/mol. The number of aromatic nitrogens is 2. The second-order valence-corrected chi connectivity index (χ2v) is 13.2. The van der Waals surface area contributed by atoms with E-state index in [9.17, 15) is 0 Å². The number of hydrogen-bond donors (Lipinski definition) is 0. The average molecular weight is 585 g/mol. The Morgan fingerprint density at radius 3 is 2.44 bits per heavy atom. The Balaban J connectivity index is 1.14. The fourth-order valence-electron chi connectivity index (χ4n) is 8.12. The molecule has 220 valence electrons. The van der Waals surface area contributed by atoms with Crippen molar-refractivity contribution >= 4 is 33.7 Å². The first kappa shape index (κ1) is 26.4. The smallest absolute Gasteiger partial charge is 0.141 e. The third-order valence-corrected chi connectivity index (χ3v) is 10.3. The standard InChI is InChI=1S/C41H36N4/c1-41(2)32-25-26-36-37(38(32)43-39(41)27-13-5-3-6-14-27)31-17-9-11-19-34(31)44(36)30-23-21-28(22-24-30)40-42-33-18-10-12-20-35(33)45(40)29-15-7-4-8-16-29/h3-5,7-13,15-21,23,25-26,31,34H,6,14,22,24H2,1-2H3. The molecule has 4 heteroatoms. The number of benzene rings is 3. The van der Waals surface area contributed by atoms with E-state index in [1.165, 1.54) is 45.1 Å². The number of hydrogen-bond acceptors (Lipinski definition) is 3. The summed E-state index contributed by atoms with van der Waals surface area (Å²) < 4.78 is 2.31. The molecule has 9 rings (SSSR count). The Morgan fingerprint density at radius 2 is 1.62 bits per heavy atom. The molecule has 4 aromatic rings. The van der Waals surface area contributed by atoms with Crippen LogP contribution in [0.3, 0.4) is 0 Å². The largest absolute Gasteiger partial charge is 0.337 e. The van der Waals surface area contributed by atoms with Crippen LogP contribution in [0.1, 0.15) is 62.4 Å². The predicted octanol–water partition coefficient (Wildman–Crippen LogP) is 9.83. The fourth-order valence-corrected chi connectivity index (χ4v) is 8.12. The maximum atomic E-state index is 5.47. The fraction of sp³-hybridized carbons (Fsp3) is 0.220. The van der Waals surface area contributed by atoms with Gasteiger partial charge in [0.15, 0.2) is 0 Å². The van der Waals surface area contributed by atoms with Crippen molar-refractivity contribution in [2.45, 2.75) is 56.9 Å². The average Bonchev–Trinajstić information content (AvgIpc) is 3.73. The van der Waals surface area contributed by atoms with Crippen LogP contribution in [0.25, 0.3) is 22.3 Å². The number of fused-ring (bicyclic) bond motifs is 6. The second-order valence-electron chi connectivity index (χ2n) is 13.2. The lowest BCUT2D eigenvalue weighted by Crippen LogP contribution is -2.32. The van der Waals surface area contributed by atoms with Crippen LogP contribution in [0.2, 0.25) is 0 Å². The number of anilines is 1. The molecule has 5 aliphatic rings. The molecule has 4 nitrogen and oxygen atoms in total. The third-order valence-electron chi connectivity index (χ3n) is 10.3. The van der Waals surface area contributed by atoms with Crippen LogP contribution in [0.4, 0.5) is 11.4 Å². The molecule has 0 saturated carbocycles. The van der Waals surface area contributed by atoms with Crippen molar-refractivity contribution in [1.82, 2.24) is 9.55 Å². The lowest BCUT2D eigenvalue weighted by molar-refractivity contribution is 0.701. The number of aliphatic imine (C=N–C) groups is 1. The van der Waals surface area contributed by atoms with Gasteiger partial charge in [-0.05, 0) is 78.8 Å². The van der Waals surface area contributed by atoms with E-state index < -0.39 is 0 Å². The number of allylic oxidation sites excluding steroid dienone is 10. The van der Waals surface area contributed by atoms with Crippen molar-refractivity contribution in [1.29, 1.82) is 0 Å². The minimum atomic E-state index is -0.107. The maximum Gasteiger partial charge on any atom is 0.141 e. The van der Waals surface area contributed by atoms with Crippen molar-refractivity contribution in [3.05, 3.63) is 150 Å². The van der Waals surface area contributed by atoms with Gasteiger partial charge in [-0.25, -0.2) is 4.98 Å². The summed E-state index contributed by atoms with van der Waals surface area (Å²) >= 11 is 0. The summed E-state index contributed by atoms with van der Waals surface area (Å²) in [5.41, 5.74) is 13.7. The van der Waals surface area contributed by atoms with Crippen LogP contribution in [0.15, 0.2) is 138 Å². The van der Waals surface area contributed by atoms with Gasteiger partial charge in [-0.2, -0.15) is 0 Å². The molecular formula is C41H36N4. The molecule has 2 unspecified atom stereocenters. The van der Waals surface area contributed by atoms with Gasteiger partial charge < -0.3 is 4.90 Å². The van der Waals surface area contributed by atoms with Crippen molar-refractivity contribution in [3.8, 4) is 5.69 Å². The van der Waals surface area contributed by atoms with E-state index in [2.05, 4.69) is 145 Å². The molecule has 0 bridgehead atoms. The molecule has 3 heterocycles. The van der Waals surface area contributed by atoms with E-state index >= 15 is 0 Å². The van der Waals surface area contributed by atoms with Gasteiger partial charge in [0.25, 0.3) is 0 Å². The number of para-hydroxylation sites is 3.